The lowest BCUT2D eigenvalue weighted by atomic mass is 10.1. The van der Waals surface area contributed by atoms with E-state index in [0.717, 1.165) is 17.1 Å². The van der Waals surface area contributed by atoms with Crippen molar-refractivity contribution in [1.82, 2.24) is 0 Å². The highest BCUT2D eigenvalue weighted by Gasteiger charge is 2.23. The molecule has 1 aliphatic rings. The molecule has 2 heterocycles. The zero-order valence-corrected chi connectivity index (χ0v) is 9.62. The minimum atomic E-state index is -0.220. The van der Waals surface area contributed by atoms with E-state index in [2.05, 4.69) is 0 Å². The molecule has 0 N–H and O–H groups in total. The summed E-state index contributed by atoms with van der Waals surface area (Å²) in [7, 11) is 0. The molecule has 2 rings (SSSR count). The van der Waals surface area contributed by atoms with E-state index in [-0.39, 0.29) is 11.9 Å². The number of carbonyl (C=O) groups is 1. The monoisotopic (exact) mass is 228 g/mol. The molecule has 0 radical (unpaired) electrons. The van der Waals surface area contributed by atoms with Gasteiger partial charge in [-0.1, -0.05) is 0 Å². The second-order valence-corrected chi connectivity index (χ2v) is 5.51. The van der Waals surface area contributed by atoms with Crippen LogP contribution in [0.2, 0.25) is 0 Å². The molecule has 1 atom stereocenters. The maximum atomic E-state index is 11.9. The topological polar surface area (TPSA) is 26.3 Å². The number of rotatable bonds is 2. The zero-order chi connectivity index (χ0) is 9.97. The van der Waals surface area contributed by atoms with E-state index in [0.29, 0.717) is 6.61 Å². The number of Topliss-reactive ketones (excluding diaryl/α,β-unsaturated/α-hetero) is 1. The first-order valence-electron chi connectivity index (χ1n) is 4.56. The van der Waals surface area contributed by atoms with Crippen molar-refractivity contribution >= 4 is 28.9 Å². The molecular formula is C10H12O2S2. The summed E-state index contributed by atoms with van der Waals surface area (Å²) in [5, 5.41) is 1.92. The summed E-state index contributed by atoms with van der Waals surface area (Å²) >= 11 is 3.40. The molecule has 0 aliphatic carbocycles. The number of hydrogen-bond donors (Lipinski definition) is 0. The van der Waals surface area contributed by atoms with Crippen LogP contribution in [-0.2, 0) is 4.74 Å². The second-order valence-electron chi connectivity index (χ2n) is 3.24. The number of hydrogen-bond acceptors (Lipinski definition) is 4. The molecule has 4 heteroatoms. The van der Waals surface area contributed by atoms with Gasteiger partial charge in [-0.3, -0.25) is 4.79 Å². The highest BCUT2D eigenvalue weighted by Crippen LogP contribution is 2.20. The molecule has 1 aromatic rings. The van der Waals surface area contributed by atoms with Crippen LogP contribution in [0.25, 0.3) is 0 Å². The van der Waals surface area contributed by atoms with E-state index < -0.39 is 0 Å². The maximum Gasteiger partial charge on any atom is 0.193 e. The van der Waals surface area contributed by atoms with E-state index in [9.17, 15) is 4.79 Å². The van der Waals surface area contributed by atoms with E-state index >= 15 is 0 Å². The van der Waals surface area contributed by atoms with Crippen molar-refractivity contribution < 1.29 is 9.53 Å². The number of ether oxygens (including phenoxy) is 1. The van der Waals surface area contributed by atoms with Gasteiger partial charge in [0.15, 0.2) is 5.78 Å². The third kappa shape index (κ3) is 2.19. The van der Waals surface area contributed by atoms with Gasteiger partial charge in [-0.2, -0.15) is 11.8 Å². The molecule has 2 nitrogen and oxygen atoms in total. The summed E-state index contributed by atoms with van der Waals surface area (Å²) in [4.78, 5) is 13.1. The molecule has 1 aliphatic heterocycles. The van der Waals surface area contributed by atoms with Gasteiger partial charge in [0.05, 0.1) is 6.61 Å². The zero-order valence-electron chi connectivity index (χ0n) is 7.99. The SMILES string of the molecule is Cc1cc(C(=O)C2CSCCO2)cs1. The van der Waals surface area contributed by atoms with E-state index in [1.54, 1.807) is 23.1 Å². The van der Waals surface area contributed by atoms with Crippen LogP contribution in [0.3, 0.4) is 0 Å². The number of ketones is 1. The third-order valence-corrected chi connectivity index (χ3v) is 3.98. The molecule has 1 fully saturated rings. The molecule has 76 valence electrons. The van der Waals surface area contributed by atoms with Crippen LogP contribution in [0.4, 0.5) is 0 Å². The average molecular weight is 228 g/mol. The predicted octanol–water partition coefficient (Wildman–Crippen LogP) is 2.37. The van der Waals surface area contributed by atoms with Gasteiger partial charge in [0, 0.05) is 27.3 Å². The van der Waals surface area contributed by atoms with Gasteiger partial charge in [0.2, 0.25) is 0 Å². The first-order chi connectivity index (χ1) is 6.77. The van der Waals surface area contributed by atoms with Crippen molar-refractivity contribution in [2.75, 3.05) is 18.1 Å². The van der Waals surface area contributed by atoms with Crippen LogP contribution in [0.5, 0.6) is 0 Å². The first kappa shape index (κ1) is 10.2. The molecule has 0 bridgehead atoms. The summed E-state index contributed by atoms with van der Waals surface area (Å²) in [6.07, 6.45) is -0.220. The fourth-order valence-electron chi connectivity index (χ4n) is 1.40. The molecule has 0 saturated carbocycles. The van der Waals surface area contributed by atoms with Crippen molar-refractivity contribution in [2.24, 2.45) is 0 Å². The van der Waals surface area contributed by atoms with E-state index in [1.165, 1.54) is 4.88 Å². The van der Waals surface area contributed by atoms with Crippen LogP contribution in [0, 0.1) is 6.92 Å². The lowest BCUT2D eigenvalue weighted by Crippen LogP contribution is -2.31. The van der Waals surface area contributed by atoms with Gasteiger partial charge in [-0.05, 0) is 13.0 Å². The Morgan fingerprint density at radius 1 is 1.64 bits per heavy atom. The van der Waals surface area contributed by atoms with Gasteiger partial charge in [-0.25, -0.2) is 0 Å². The Balaban J connectivity index is 2.07. The molecule has 1 saturated heterocycles. The Kier molecular flexibility index (Phi) is 3.26. The van der Waals surface area contributed by atoms with Crippen molar-refractivity contribution in [3.05, 3.63) is 21.9 Å². The minimum Gasteiger partial charge on any atom is -0.368 e. The molecular weight excluding hydrogens is 216 g/mol. The Morgan fingerprint density at radius 2 is 2.50 bits per heavy atom. The van der Waals surface area contributed by atoms with Crippen molar-refractivity contribution in [1.29, 1.82) is 0 Å². The average Bonchev–Trinajstić information content (AvgIpc) is 2.65. The molecule has 0 amide bonds. The Bertz CT molecular complexity index is 327. The standard InChI is InChI=1S/C10H12O2S2/c1-7-4-8(5-14-7)10(11)9-6-13-3-2-12-9/h4-5,9H,2-3,6H2,1H3. The number of thiophene rings is 1. The van der Waals surface area contributed by atoms with Gasteiger partial charge < -0.3 is 4.74 Å². The third-order valence-electron chi connectivity index (χ3n) is 2.12. The number of aryl methyl sites for hydroxylation is 1. The lowest BCUT2D eigenvalue weighted by molar-refractivity contribution is 0.0519. The van der Waals surface area contributed by atoms with Crippen LogP contribution in [0.1, 0.15) is 15.2 Å². The van der Waals surface area contributed by atoms with Gasteiger partial charge in [0.25, 0.3) is 0 Å². The molecule has 1 aromatic heterocycles. The largest absolute Gasteiger partial charge is 0.368 e. The van der Waals surface area contributed by atoms with E-state index in [4.69, 9.17) is 4.74 Å². The lowest BCUT2D eigenvalue weighted by Gasteiger charge is -2.20. The predicted molar refractivity (Wildman–Crippen MR) is 60.5 cm³/mol. The fraction of sp³-hybridized carbons (Fsp3) is 0.500. The Hall–Kier alpha value is -0.320. The van der Waals surface area contributed by atoms with Gasteiger partial charge in [0.1, 0.15) is 6.10 Å². The summed E-state index contributed by atoms with van der Waals surface area (Å²) in [6.45, 7) is 2.71. The normalized spacial score (nSPS) is 22.2. The quantitative estimate of drug-likeness (QED) is 0.727. The molecule has 0 spiro atoms. The summed E-state index contributed by atoms with van der Waals surface area (Å²) < 4.78 is 5.44. The molecule has 14 heavy (non-hydrogen) atoms. The minimum absolute atomic E-state index is 0.140. The highest BCUT2D eigenvalue weighted by molar-refractivity contribution is 7.99. The van der Waals surface area contributed by atoms with Crippen molar-refractivity contribution in [3.63, 3.8) is 0 Å². The smallest absolute Gasteiger partial charge is 0.193 e. The van der Waals surface area contributed by atoms with Crippen LogP contribution < -0.4 is 0 Å². The first-order valence-corrected chi connectivity index (χ1v) is 6.59. The van der Waals surface area contributed by atoms with Crippen LogP contribution in [-0.4, -0.2) is 30.0 Å². The maximum absolute atomic E-state index is 11.9. The van der Waals surface area contributed by atoms with Crippen molar-refractivity contribution in [2.45, 2.75) is 13.0 Å². The van der Waals surface area contributed by atoms with Crippen molar-refractivity contribution in [3.8, 4) is 0 Å². The molecule has 1 unspecified atom stereocenters. The fourth-order valence-corrected chi connectivity index (χ4v) is 2.93. The Labute approximate surface area is 91.7 Å². The van der Waals surface area contributed by atoms with Crippen LogP contribution >= 0.6 is 23.1 Å². The summed E-state index contributed by atoms with van der Waals surface area (Å²) in [6, 6.07) is 1.94. The number of carbonyl (C=O) groups excluding carboxylic acids is 1. The number of thioether (sulfide) groups is 1. The van der Waals surface area contributed by atoms with Gasteiger partial charge >= 0.3 is 0 Å². The summed E-state index contributed by atoms with van der Waals surface area (Å²) in [5.41, 5.74) is 0.806. The van der Waals surface area contributed by atoms with E-state index in [1.807, 2.05) is 18.4 Å². The summed E-state index contributed by atoms with van der Waals surface area (Å²) in [5.74, 6) is 1.95. The second kappa shape index (κ2) is 4.47. The van der Waals surface area contributed by atoms with Gasteiger partial charge in [-0.15, -0.1) is 11.3 Å². The highest BCUT2D eigenvalue weighted by atomic mass is 32.2. The Morgan fingerprint density at radius 3 is 3.07 bits per heavy atom. The molecule has 0 aromatic carbocycles. The van der Waals surface area contributed by atoms with Crippen LogP contribution in [0.15, 0.2) is 11.4 Å².